The first-order valence-electron chi connectivity index (χ1n) is 6.22. The fraction of sp³-hybridized carbons (Fsp3) is 0.500. The number of nitrogens with one attached hydrogen (secondary N) is 1. The van der Waals surface area contributed by atoms with Crippen molar-refractivity contribution in [1.29, 1.82) is 0 Å². The third-order valence-corrected chi connectivity index (χ3v) is 5.55. The van der Waals surface area contributed by atoms with Crippen molar-refractivity contribution in [2.24, 2.45) is 0 Å². The summed E-state index contributed by atoms with van der Waals surface area (Å²) in [7, 11) is -4.05. The van der Waals surface area contributed by atoms with Crippen LogP contribution in [-0.2, 0) is 16.2 Å². The average Bonchev–Trinajstić information content (AvgIpc) is 2.37. The third-order valence-electron chi connectivity index (χ3n) is 3.21. The fourth-order valence-electron chi connectivity index (χ4n) is 2.13. The molecule has 1 fully saturated rings. The predicted molar refractivity (Wildman–Crippen MR) is 72.7 cm³/mol. The number of rotatable bonds is 2. The van der Waals surface area contributed by atoms with E-state index in [4.69, 9.17) is 11.6 Å². The van der Waals surface area contributed by atoms with Gasteiger partial charge in [-0.2, -0.15) is 17.5 Å². The van der Waals surface area contributed by atoms with Crippen LogP contribution in [0.4, 0.5) is 13.2 Å². The van der Waals surface area contributed by atoms with E-state index in [0.717, 1.165) is 16.4 Å². The second kappa shape index (κ2) is 5.75. The number of nitrogens with zero attached hydrogens (tertiary/aromatic N) is 1. The molecule has 0 spiro atoms. The Bertz CT molecular complexity index is 634. The average molecular weight is 343 g/mol. The van der Waals surface area contributed by atoms with Crippen molar-refractivity contribution in [2.45, 2.75) is 24.0 Å². The highest BCUT2D eigenvalue weighted by atomic mass is 35.5. The molecular formula is C12H14ClF3N2O2S. The number of hydrogen-bond donors (Lipinski definition) is 1. The lowest BCUT2D eigenvalue weighted by Gasteiger charge is -2.31. The van der Waals surface area contributed by atoms with Crippen molar-refractivity contribution in [1.82, 2.24) is 9.62 Å². The molecule has 0 aliphatic carbocycles. The molecular weight excluding hydrogens is 329 g/mol. The predicted octanol–water partition coefficient (Wildman–Crippen LogP) is 2.34. The minimum Gasteiger partial charge on any atom is -0.312 e. The van der Waals surface area contributed by atoms with Crippen LogP contribution in [-0.4, -0.2) is 38.4 Å². The second-order valence-corrected chi connectivity index (χ2v) is 7.17. The summed E-state index contributed by atoms with van der Waals surface area (Å²) >= 11 is 5.80. The van der Waals surface area contributed by atoms with Crippen LogP contribution in [0.25, 0.3) is 0 Å². The van der Waals surface area contributed by atoms with Crippen molar-refractivity contribution < 1.29 is 21.6 Å². The summed E-state index contributed by atoms with van der Waals surface area (Å²) in [4.78, 5) is -0.506. The highest BCUT2D eigenvalue weighted by molar-refractivity contribution is 7.89. The zero-order valence-electron chi connectivity index (χ0n) is 11.1. The minimum atomic E-state index is -4.62. The summed E-state index contributed by atoms with van der Waals surface area (Å²) in [6.07, 6.45) is -4.62. The van der Waals surface area contributed by atoms with Crippen LogP contribution in [0.1, 0.15) is 12.5 Å². The Balaban J connectivity index is 2.44. The topological polar surface area (TPSA) is 49.4 Å². The molecule has 0 saturated carbocycles. The standard InChI is InChI=1S/C12H14ClF3N2O2S/c1-8-7-18(5-4-17-8)21(19,20)11-6-9(12(14,15)16)2-3-10(11)13/h2-3,6,8,17H,4-5,7H2,1H3. The first kappa shape index (κ1) is 16.5. The van der Waals surface area contributed by atoms with Crippen LogP contribution in [0.3, 0.4) is 0 Å². The Kier molecular flexibility index (Phi) is 4.53. The van der Waals surface area contributed by atoms with E-state index in [1.165, 1.54) is 0 Å². The van der Waals surface area contributed by atoms with E-state index in [0.29, 0.717) is 12.6 Å². The molecule has 1 aliphatic heterocycles. The van der Waals surface area contributed by atoms with Crippen LogP contribution < -0.4 is 5.32 Å². The summed E-state index contributed by atoms with van der Waals surface area (Å²) in [5.74, 6) is 0. The molecule has 4 nitrogen and oxygen atoms in total. The summed E-state index contributed by atoms with van der Waals surface area (Å²) in [5, 5.41) is 2.85. The minimum absolute atomic E-state index is 0.0712. The second-order valence-electron chi connectivity index (χ2n) is 4.86. The maximum atomic E-state index is 12.7. The highest BCUT2D eigenvalue weighted by Gasteiger charge is 2.35. The van der Waals surface area contributed by atoms with Crippen molar-refractivity contribution >= 4 is 21.6 Å². The van der Waals surface area contributed by atoms with Crippen molar-refractivity contribution in [2.75, 3.05) is 19.6 Å². The molecule has 9 heteroatoms. The SMILES string of the molecule is CC1CN(S(=O)(=O)c2cc(C(F)(F)F)ccc2Cl)CCN1. The molecule has 0 bridgehead atoms. The van der Waals surface area contributed by atoms with Crippen molar-refractivity contribution in [3.05, 3.63) is 28.8 Å². The Morgan fingerprint density at radius 3 is 2.62 bits per heavy atom. The van der Waals surface area contributed by atoms with Gasteiger partial charge in [0, 0.05) is 25.7 Å². The number of hydrogen-bond acceptors (Lipinski definition) is 3. The Morgan fingerprint density at radius 2 is 2.05 bits per heavy atom. The number of benzene rings is 1. The van der Waals surface area contributed by atoms with E-state index in [-0.39, 0.29) is 24.2 Å². The first-order chi connectivity index (χ1) is 9.62. The van der Waals surface area contributed by atoms with Gasteiger partial charge >= 0.3 is 6.18 Å². The van der Waals surface area contributed by atoms with Gasteiger partial charge in [0.2, 0.25) is 10.0 Å². The largest absolute Gasteiger partial charge is 0.416 e. The maximum absolute atomic E-state index is 12.7. The zero-order chi connectivity index (χ0) is 15.8. The zero-order valence-corrected chi connectivity index (χ0v) is 12.7. The molecule has 1 aliphatic rings. The Labute approximate surface area is 125 Å². The van der Waals surface area contributed by atoms with Gasteiger partial charge in [-0.25, -0.2) is 8.42 Å². The quantitative estimate of drug-likeness (QED) is 0.897. The number of halogens is 4. The molecule has 1 aromatic rings. The number of sulfonamides is 1. The molecule has 1 N–H and O–H groups in total. The van der Waals surface area contributed by atoms with E-state index in [9.17, 15) is 21.6 Å². The van der Waals surface area contributed by atoms with Gasteiger partial charge in [-0.15, -0.1) is 0 Å². The van der Waals surface area contributed by atoms with Gasteiger partial charge in [0.15, 0.2) is 0 Å². The highest BCUT2D eigenvalue weighted by Crippen LogP contribution is 2.34. The molecule has 0 radical (unpaired) electrons. The van der Waals surface area contributed by atoms with E-state index in [1.54, 1.807) is 6.92 Å². The first-order valence-corrected chi connectivity index (χ1v) is 8.04. The van der Waals surface area contributed by atoms with Gasteiger partial charge in [-0.05, 0) is 25.1 Å². The van der Waals surface area contributed by atoms with E-state index in [2.05, 4.69) is 5.32 Å². The summed E-state index contributed by atoms with van der Waals surface area (Å²) in [5.41, 5.74) is -1.03. The summed E-state index contributed by atoms with van der Waals surface area (Å²) in [6, 6.07) is 2.24. The Hall–Kier alpha value is -0.830. The van der Waals surface area contributed by atoms with Crippen LogP contribution >= 0.6 is 11.6 Å². The van der Waals surface area contributed by atoms with E-state index < -0.39 is 26.7 Å². The molecule has 1 aromatic carbocycles. The molecule has 21 heavy (non-hydrogen) atoms. The Morgan fingerprint density at radius 1 is 1.38 bits per heavy atom. The van der Waals surface area contributed by atoms with Gasteiger partial charge < -0.3 is 5.32 Å². The lowest BCUT2D eigenvalue weighted by Crippen LogP contribution is -2.51. The molecule has 2 rings (SSSR count). The van der Waals surface area contributed by atoms with Crippen LogP contribution in [0, 0.1) is 0 Å². The third kappa shape index (κ3) is 3.50. The number of alkyl halides is 3. The molecule has 1 saturated heterocycles. The molecule has 1 atom stereocenters. The lowest BCUT2D eigenvalue weighted by atomic mass is 10.2. The van der Waals surface area contributed by atoms with Crippen molar-refractivity contribution in [3.63, 3.8) is 0 Å². The molecule has 1 unspecified atom stereocenters. The number of piperazine rings is 1. The van der Waals surface area contributed by atoms with Gasteiger partial charge in [-0.3, -0.25) is 0 Å². The van der Waals surface area contributed by atoms with Crippen molar-refractivity contribution in [3.8, 4) is 0 Å². The van der Waals surface area contributed by atoms with Gasteiger partial charge in [0.05, 0.1) is 10.6 Å². The molecule has 1 heterocycles. The molecule has 0 aromatic heterocycles. The van der Waals surface area contributed by atoms with E-state index >= 15 is 0 Å². The van der Waals surface area contributed by atoms with E-state index in [1.807, 2.05) is 0 Å². The fourth-order valence-corrected chi connectivity index (χ4v) is 4.16. The van der Waals surface area contributed by atoms with Gasteiger partial charge in [-0.1, -0.05) is 11.6 Å². The summed E-state index contributed by atoms with van der Waals surface area (Å²) in [6.45, 7) is 2.63. The summed E-state index contributed by atoms with van der Waals surface area (Å²) < 4.78 is 64.3. The van der Waals surface area contributed by atoms with Gasteiger partial charge in [0.25, 0.3) is 0 Å². The van der Waals surface area contributed by atoms with Crippen LogP contribution in [0.2, 0.25) is 5.02 Å². The maximum Gasteiger partial charge on any atom is 0.416 e. The normalized spacial score (nSPS) is 21.5. The van der Waals surface area contributed by atoms with Crippen LogP contribution in [0.15, 0.2) is 23.1 Å². The molecule has 118 valence electrons. The molecule has 0 amide bonds. The lowest BCUT2D eigenvalue weighted by molar-refractivity contribution is -0.137. The van der Waals surface area contributed by atoms with Crippen LogP contribution in [0.5, 0.6) is 0 Å². The monoisotopic (exact) mass is 342 g/mol. The smallest absolute Gasteiger partial charge is 0.312 e. The van der Waals surface area contributed by atoms with Gasteiger partial charge in [0.1, 0.15) is 4.90 Å².